The summed E-state index contributed by atoms with van der Waals surface area (Å²) in [5, 5.41) is 2.62. The monoisotopic (exact) mass is 382 g/mol. The zero-order chi connectivity index (χ0) is 19.3. The minimum absolute atomic E-state index is 0.0946. The van der Waals surface area contributed by atoms with Crippen LogP contribution in [0, 0.1) is 6.92 Å². The zero-order valence-corrected chi connectivity index (χ0v) is 17.0. The van der Waals surface area contributed by atoms with Crippen molar-refractivity contribution in [1.82, 2.24) is 10.0 Å². The van der Waals surface area contributed by atoms with Crippen LogP contribution in [-0.2, 0) is 10.0 Å². The largest absolute Gasteiger partial charge is 0.337 e. The number of hydrogen-bond acceptors (Lipinski definition) is 3. The molecule has 1 aromatic rings. The summed E-state index contributed by atoms with van der Waals surface area (Å²) >= 11 is 0. The van der Waals surface area contributed by atoms with Gasteiger partial charge in [-0.25, -0.2) is 17.9 Å². The Labute approximate surface area is 159 Å². The van der Waals surface area contributed by atoms with E-state index < -0.39 is 16.1 Å². The van der Waals surface area contributed by atoms with Crippen molar-refractivity contribution in [3.8, 4) is 0 Å². The van der Waals surface area contributed by atoms with Crippen molar-refractivity contribution < 1.29 is 13.2 Å². The van der Waals surface area contributed by atoms with Crippen LogP contribution in [0.25, 0.3) is 0 Å². The molecule has 0 heterocycles. The van der Waals surface area contributed by atoms with Crippen LogP contribution in [0.3, 0.4) is 0 Å². The van der Waals surface area contributed by atoms with Gasteiger partial charge in [0.05, 0.1) is 4.90 Å². The number of hydrogen-bond donors (Lipinski definition) is 2. The summed E-state index contributed by atoms with van der Waals surface area (Å²) in [4.78, 5) is 11.9. The predicted octanol–water partition coefficient (Wildman–Crippen LogP) is 4.90. The molecule has 0 aliphatic rings. The normalized spacial score (nSPS) is 11.3. The number of rotatable bonds is 13. The highest BCUT2D eigenvalue weighted by Crippen LogP contribution is 2.11. The molecule has 0 fully saturated rings. The van der Waals surface area contributed by atoms with Crippen molar-refractivity contribution in [2.24, 2.45) is 0 Å². The average molecular weight is 383 g/mol. The molecule has 0 saturated carbocycles. The van der Waals surface area contributed by atoms with Crippen LogP contribution < -0.4 is 10.0 Å². The molecule has 0 bridgehead atoms. The summed E-state index contributed by atoms with van der Waals surface area (Å²) in [7, 11) is -3.80. The molecule has 6 heteroatoms. The van der Waals surface area contributed by atoms with E-state index in [0.717, 1.165) is 18.4 Å². The van der Waals surface area contributed by atoms with Gasteiger partial charge in [-0.05, 0) is 25.5 Å². The van der Waals surface area contributed by atoms with Gasteiger partial charge in [-0.1, -0.05) is 82.4 Å². The molecule has 1 rings (SSSR count). The van der Waals surface area contributed by atoms with Gasteiger partial charge in [0, 0.05) is 6.54 Å². The fraction of sp³-hybridized carbons (Fsp3) is 0.650. The second kappa shape index (κ2) is 12.7. The van der Waals surface area contributed by atoms with Gasteiger partial charge in [0.15, 0.2) is 0 Å². The van der Waals surface area contributed by atoms with Crippen LogP contribution in [-0.4, -0.2) is 21.0 Å². The summed E-state index contributed by atoms with van der Waals surface area (Å²) in [6, 6.07) is 5.73. The number of sulfonamides is 1. The minimum atomic E-state index is -3.80. The molecule has 0 aliphatic carbocycles. The highest BCUT2D eigenvalue weighted by Gasteiger charge is 2.16. The molecular weight excluding hydrogens is 348 g/mol. The number of aryl methyl sites for hydroxylation is 1. The number of unbranched alkanes of at least 4 members (excludes halogenated alkanes) is 9. The topological polar surface area (TPSA) is 75.3 Å². The van der Waals surface area contributed by atoms with E-state index in [1.807, 2.05) is 11.6 Å². The van der Waals surface area contributed by atoms with E-state index in [0.29, 0.717) is 6.54 Å². The van der Waals surface area contributed by atoms with Gasteiger partial charge in [0.25, 0.3) is 10.0 Å². The maximum absolute atomic E-state index is 12.1. The van der Waals surface area contributed by atoms with E-state index in [-0.39, 0.29) is 4.90 Å². The lowest BCUT2D eigenvalue weighted by Crippen LogP contribution is -2.39. The number of urea groups is 1. The van der Waals surface area contributed by atoms with Gasteiger partial charge in [-0.2, -0.15) is 0 Å². The number of amides is 2. The van der Waals surface area contributed by atoms with E-state index in [2.05, 4.69) is 12.2 Å². The first-order valence-electron chi connectivity index (χ1n) is 9.83. The molecule has 2 N–H and O–H groups in total. The summed E-state index contributed by atoms with van der Waals surface area (Å²) in [6.45, 7) is 4.60. The van der Waals surface area contributed by atoms with Gasteiger partial charge in [0.1, 0.15) is 0 Å². The van der Waals surface area contributed by atoms with E-state index >= 15 is 0 Å². The van der Waals surface area contributed by atoms with Gasteiger partial charge in [0.2, 0.25) is 0 Å². The third-order valence-electron chi connectivity index (χ3n) is 4.37. The van der Waals surface area contributed by atoms with E-state index in [1.165, 1.54) is 63.5 Å². The highest BCUT2D eigenvalue weighted by atomic mass is 32.2. The molecule has 0 atom stereocenters. The molecule has 0 aliphatic heterocycles. The van der Waals surface area contributed by atoms with Crippen molar-refractivity contribution in [2.45, 2.75) is 83.0 Å². The SMILES string of the molecule is CCCCCCCCCCCCNC(=O)NS(=O)(=O)c1ccc(C)cc1. The molecule has 26 heavy (non-hydrogen) atoms. The van der Waals surface area contributed by atoms with Crippen LogP contribution in [0.2, 0.25) is 0 Å². The molecule has 148 valence electrons. The van der Waals surface area contributed by atoms with Gasteiger partial charge < -0.3 is 5.32 Å². The zero-order valence-electron chi connectivity index (χ0n) is 16.2. The lowest BCUT2D eigenvalue weighted by Gasteiger charge is -2.09. The van der Waals surface area contributed by atoms with Crippen LogP contribution in [0.1, 0.15) is 76.7 Å². The fourth-order valence-corrected chi connectivity index (χ4v) is 3.68. The average Bonchev–Trinajstić information content (AvgIpc) is 2.59. The molecular formula is C20H34N2O3S. The summed E-state index contributed by atoms with van der Waals surface area (Å²) in [5.74, 6) is 0. The molecule has 0 aromatic heterocycles. The minimum Gasteiger partial charge on any atom is -0.337 e. The third-order valence-corrected chi connectivity index (χ3v) is 5.72. The Morgan fingerprint density at radius 1 is 0.846 bits per heavy atom. The Morgan fingerprint density at radius 3 is 1.88 bits per heavy atom. The third kappa shape index (κ3) is 9.80. The molecule has 0 unspecified atom stereocenters. The smallest absolute Gasteiger partial charge is 0.328 e. The lowest BCUT2D eigenvalue weighted by atomic mass is 10.1. The maximum Gasteiger partial charge on any atom is 0.328 e. The molecule has 0 spiro atoms. The second-order valence-corrected chi connectivity index (χ2v) is 8.54. The Bertz CT molecular complexity index is 612. The molecule has 0 saturated heterocycles. The first-order chi connectivity index (χ1) is 12.5. The summed E-state index contributed by atoms with van der Waals surface area (Å²) < 4.78 is 26.2. The summed E-state index contributed by atoms with van der Waals surface area (Å²) in [6.07, 6.45) is 12.2. The predicted molar refractivity (Wildman–Crippen MR) is 107 cm³/mol. The Hall–Kier alpha value is -1.56. The van der Waals surface area contributed by atoms with E-state index in [9.17, 15) is 13.2 Å². The summed E-state index contributed by atoms with van der Waals surface area (Å²) in [5.41, 5.74) is 0.967. The standard InChI is InChI=1S/C20H34N2O3S/c1-3-4-5-6-7-8-9-10-11-12-17-21-20(23)22-26(24,25)19-15-13-18(2)14-16-19/h13-16H,3-12,17H2,1-2H3,(H2,21,22,23). The Morgan fingerprint density at radius 2 is 1.35 bits per heavy atom. The van der Waals surface area contributed by atoms with Crippen LogP contribution in [0.4, 0.5) is 4.79 Å². The Balaban J connectivity index is 2.09. The van der Waals surface area contributed by atoms with Gasteiger partial charge in [-0.3, -0.25) is 0 Å². The lowest BCUT2D eigenvalue weighted by molar-refractivity contribution is 0.245. The van der Waals surface area contributed by atoms with Crippen molar-refractivity contribution in [3.05, 3.63) is 29.8 Å². The molecule has 2 amide bonds. The van der Waals surface area contributed by atoms with Gasteiger partial charge in [-0.15, -0.1) is 0 Å². The maximum atomic E-state index is 12.1. The fourth-order valence-electron chi connectivity index (χ4n) is 2.75. The second-order valence-electron chi connectivity index (χ2n) is 6.86. The van der Waals surface area contributed by atoms with Crippen molar-refractivity contribution in [1.29, 1.82) is 0 Å². The van der Waals surface area contributed by atoms with Crippen molar-refractivity contribution in [3.63, 3.8) is 0 Å². The van der Waals surface area contributed by atoms with E-state index in [1.54, 1.807) is 12.1 Å². The first-order valence-corrected chi connectivity index (χ1v) is 11.3. The number of carbonyl (C=O) groups is 1. The van der Waals surface area contributed by atoms with Crippen LogP contribution in [0.5, 0.6) is 0 Å². The molecule has 0 radical (unpaired) electrons. The number of nitrogens with one attached hydrogen (secondary N) is 2. The molecule has 1 aromatic carbocycles. The Kier molecular flexibility index (Phi) is 11.0. The highest BCUT2D eigenvalue weighted by molar-refractivity contribution is 7.90. The van der Waals surface area contributed by atoms with Crippen molar-refractivity contribution >= 4 is 16.1 Å². The first kappa shape index (κ1) is 22.5. The quantitative estimate of drug-likeness (QED) is 0.476. The van der Waals surface area contributed by atoms with Crippen LogP contribution >= 0.6 is 0 Å². The van der Waals surface area contributed by atoms with E-state index in [4.69, 9.17) is 0 Å². The van der Waals surface area contributed by atoms with Crippen molar-refractivity contribution in [2.75, 3.05) is 6.54 Å². The van der Waals surface area contributed by atoms with Gasteiger partial charge >= 0.3 is 6.03 Å². The molecule has 5 nitrogen and oxygen atoms in total. The van der Waals surface area contributed by atoms with Crippen LogP contribution in [0.15, 0.2) is 29.2 Å². The number of carbonyl (C=O) groups excluding carboxylic acids is 1. The number of benzene rings is 1.